The van der Waals surface area contributed by atoms with Crippen molar-refractivity contribution < 1.29 is 23.9 Å². The zero-order chi connectivity index (χ0) is 24.4. The van der Waals surface area contributed by atoms with Crippen molar-refractivity contribution in [2.45, 2.75) is 82.1 Å². The van der Waals surface area contributed by atoms with Crippen LogP contribution >= 0.6 is 0 Å². The largest absolute Gasteiger partial charge is 0.490 e. The standard InChI is InChI=1S/C26H36N4O5/c1-30-21-10-9-19(13-24(31)27-14-16-6-7-16)35-23(21)15-34-22-11-8-18(12-20(22)25(30)32)29-26(33)28-17-4-2-3-5-17/h8,11-12,16-17,19,21,23H,2-7,9-10,13-15H2,1H3,(H,27,31)(H2,28,29,33)/t19-,21+,23+/m0/s1. The maximum Gasteiger partial charge on any atom is 0.319 e. The Hall–Kier alpha value is -2.81. The number of carbonyl (C=O) groups is 3. The molecular formula is C26H36N4O5. The average molecular weight is 485 g/mol. The number of hydrogen-bond donors (Lipinski definition) is 3. The van der Waals surface area contributed by atoms with Crippen molar-refractivity contribution in [1.82, 2.24) is 15.5 Å². The third kappa shape index (κ3) is 5.89. The molecule has 1 saturated heterocycles. The maximum atomic E-state index is 13.4. The number of urea groups is 1. The number of carbonyl (C=O) groups excluding carboxylic acids is 3. The zero-order valence-corrected chi connectivity index (χ0v) is 20.4. The van der Waals surface area contributed by atoms with Crippen LogP contribution in [-0.4, -0.2) is 67.2 Å². The molecule has 35 heavy (non-hydrogen) atoms. The van der Waals surface area contributed by atoms with Crippen molar-refractivity contribution >= 4 is 23.5 Å². The van der Waals surface area contributed by atoms with Crippen LogP contribution in [0, 0.1) is 5.92 Å². The third-order valence-electron chi connectivity index (χ3n) is 7.66. The summed E-state index contributed by atoms with van der Waals surface area (Å²) < 4.78 is 12.3. The first-order valence-electron chi connectivity index (χ1n) is 13.0. The Kier molecular flexibility index (Phi) is 7.13. The molecule has 4 amide bonds. The van der Waals surface area contributed by atoms with E-state index in [1.807, 2.05) is 0 Å². The smallest absolute Gasteiger partial charge is 0.319 e. The number of fused-ring (bicyclic) bond motifs is 2. The molecule has 0 spiro atoms. The van der Waals surface area contributed by atoms with E-state index in [0.29, 0.717) is 42.4 Å². The van der Waals surface area contributed by atoms with Crippen LogP contribution in [-0.2, 0) is 9.53 Å². The highest BCUT2D eigenvalue weighted by Crippen LogP contribution is 2.33. The number of rotatable bonds is 6. The lowest BCUT2D eigenvalue weighted by Crippen LogP contribution is -2.54. The zero-order valence-electron chi connectivity index (χ0n) is 20.4. The summed E-state index contributed by atoms with van der Waals surface area (Å²) in [5, 5.41) is 8.86. The first-order chi connectivity index (χ1) is 17.0. The Morgan fingerprint density at radius 1 is 1.09 bits per heavy atom. The summed E-state index contributed by atoms with van der Waals surface area (Å²) in [6, 6.07) is 4.97. The average Bonchev–Trinajstić information content (AvgIpc) is 3.54. The summed E-state index contributed by atoms with van der Waals surface area (Å²) in [6.45, 7) is 1.05. The van der Waals surface area contributed by atoms with Crippen LogP contribution in [0.25, 0.3) is 0 Å². The van der Waals surface area contributed by atoms with Gasteiger partial charge in [-0.1, -0.05) is 12.8 Å². The van der Waals surface area contributed by atoms with Gasteiger partial charge < -0.3 is 30.3 Å². The molecule has 9 nitrogen and oxygen atoms in total. The van der Waals surface area contributed by atoms with Gasteiger partial charge in [-0.2, -0.15) is 0 Å². The molecule has 1 aromatic rings. The van der Waals surface area contributed by atoms with Crippen LogP contribution in [0.1, 0.15) is 68.1 Å². The number of hydrogen-bond acceptors (Lipinski definition) is 5. The molecule has 3 fully saturated rings. The van der Waals surface area contributed by atoms with E-state index in [1.165, 1.54) is 12.8 Å². The molecule has 1 aromatic carbocycles. The van der Waals surface area contributed by atoms with E-state index in [-0.39, 0.29) is 42.1 Å². The summed E-state index contributed by atoms with van der Waals surface area (Å²) in [6.07, 6.45) is 8.01. The van der Waals surface area contributed by atoms with Crippen LogP contribution in [0.5, 0.6) is 5.75 Å². The van der Waals surface area contributed by atoms with Gasteiger partial charge in [0.1, 0.15) is 18.5 Å². The summed E-state index contributed by atoms with van der Waals surface area (Å²) >= 11 is 0. The molecule has 5 rings (SSSR count). The number of nitrogens with zero attached hydrogens (tertiary/aromatic N) is 1. The Bertz CT molecular complexity index is 959. The Balaban J connectivity index is 1.21. The molecule has 4 aliphatic rings. The fourth-order valence-corrected chi connectivity index (χ4v) is 5.39. The van der Waals surface area contributed by atoms with Crippen molar-refractivity contribution in [1.29, 1.82) is 0 Å². The van der Waals surface area contributed by atoms with Gasteiger partial charge in [-0.05, 0) is 62.6 Å². The van der Waals surface area contributed by atoms with Gasteiger partial charge in [0.05, 0.1) is 24.1 Å². The molecule has 3 N–H and O–H groups in total. The summed E-state index contributed by atoms with van der Waals surface area (Å²) in [5.41, 5.74) is 0.977. The summed E-state index contributed by atoms with van der Waals surface area (Å²) in [4.78, 5) is 39.8. The van der Waals surface area contributed by atoms with E-state index in [4.69, 9.17) is 9.47 Å². The van der Waals surface area contributed by atoms with Crippen LogP contribution in [0.15, 0.2) is 18.2 Å². The van der Waals surface area contributed by atoms with Gasteiger partial charge in [0.25, 0.3) is 5.91 Å². The minimum atomic E-state index is -0.304. The van der Waals surface area contributed by atoms with Crippen LogP contribution < -0.4 is 20.7 Å². The topological polar surface area (TPSA) is 109 Å². The predicted molar refractivity (Wildman–Crippen MR) is 130 cm³/mol. The van der Waals surface area contributed by atoms with E-state index < -0.39 is 0 Å². The second kappa shape index (κ2) is 10.4. The highest BCUT2D eigenvalue weighted by Gasteiger charge is 2.39. The number of anilines is 1. The first-order valence-corrected chi connectivity index (χ1v) is 13.0. The third-order valence-corrected chi connectivity index (χ3v) is 7.66. The molecule has 0 unspecified atom stereocenters. The lowest BCUT2D eigenvalue weighted by molar-refractivity contribution is -0.134. The maximum absolute atomic E-state index is 13.4. The Morgan fingerprint density at radius 3 is 2.66 bits per heavy atom. The number of benzene rings is 1. The van der Waals surface area contributed by atoms with Gasteiger partial charge in [-0.15, -0.1) is 0 Å². The molecule has 0 bridgehead atoms. The molecular weight excluding hydrogens is 448 g/mol. The molecule has 0 aromatic heterocycles. The van der Waals surface area contributed by atoms with Crippen LogP contribution in [0.3, 0.4) is 0 Å². The number of likely N-dealkylation sites (N-methyl/N-ethyl adjacent to an activating group) is 1. The van der Waals surface area contributed by atoms with Gasteiger partial charge in [-0.3, -0.25) is 9.59 Å². The first kappa shape index (κ1) is 23.9. The minimum Gasteiger partial charge on any atom is -0.490 e. The Morgan fingerprint density at radius 2 is 1.89 bits per heavy atom. The van der Waals surface area contributed by atoms with Crippen molar-refractivity contribution in [3.8, 4) is 5.75 Å². The second-order valence-electron chi connectivity index (χ2n) is 10.4. The van der Waals surface area contributed by atoms with E-state index in [2.05, 4.69) is 16.0 Å². The van der Waals surface area contributed by atoms with E-state index >= 15 is 0 Å². The fourth-order valence-electron chi connectivity index (χ4n) is 5.39. The van der Waals surface area contributed by atoms with Gasteiger partial charge in [-0.25, -0.2) is 4.79 Å². The van der Waals surface area contributed by atoms with Gasteiger partial charge in [0, 0.05) is 25.3 Å². The lowest BCUT2D eigenvalue weighted by atomic mass is 9.94. The fraction of sp³-hybridized carbons (Fsp3) is 0.654. The molecule has 2 aliphatic carbocycles. The van der Waals surface area contributed by atoms with Gasteiger partial charge in [0.15, 0.2) is 0 Å². The van der Waals surface area contributed by atoms with Gasteiger partial charge >= 0.3 is 6.03 Å². The highest BCUT2D eigenvalue weighted by atomic mass is 16.5. The molecule has 190 valence electrons. The molecule has 3 atom stereocenters. The van der Waals surface area contributed by atoms with Crippen LogP contribution in [0.4, 0.5) is 10.5 Å². The lowest BCUT2D eigenvalue weighted by Gasteiger charge is -2.42. The normalized spacial score (nSPS) is 26.6. The second-order valence-corrected chi connectivity index (χ2v) is 10.4. The quantitative estimate of drug-likeness (QED) is 0.575. The number of amides is 4. The van der Waals surface area contributed by atoms with Gasteiger partial charge in [0.2, 0.25) is 5.91 Å². The summed E-state index contributed by atoms with van der Waals surface area (Å²) in [5.74, 6) is 0.972. The van der Waals surface area contributed by atoms with Crippen molar-refractivity contribution in [2.24, 2.45) is 5.92 Å². The molecule has 2 saturated carbocycles. The monoisotopic (exact) mass is 484 g/mol. The minimum absolute atomic E-state index is 0.0267. The SMILES string of the molecule is CN1C(=O)c2cc(NC(=O)NC3CCCC3)ccc2OC[C@H]2O[C@H](CC(=O)NCC3CC3)CC[C@H]21. The van der Waals surface area contributed by atoms with Crippen LogP contribution in [0.2, 0.25) is 0 Å². The van der Waals surface area contributed by atoms with E-state index in [0.717, 1.165) is 38.6 Å². The molecule has 2 heterocycles. The number of ether oxygens (including phenoxy) is 2. The van der Waals surface area contributed by atoms with Crippen molar-refractivity contribution in [2.75, 3.05) is 25.5 Å². The predicted octanol–water partition coefficient (Wildman–Crippen LogP) is 3.05. The van der Waals surface area contributed by atoms with Crippen molar-refractivity contribution in [3.05, 3.63) is 23.8 Å². The molecule has 2 aliphatic heterocycles. The number of nitrogens with one attached hydrogen (secondary N) is 3. The Labute approximate surface area is 206 Å². The summed E-state index contributed by atoms with van der Waals surface area (Å²) in [7, 11) is 1.79. The van der Waals surface area contributed by atoms with E-state index in [1.54, 1.807) is 30.1 Å². The molecule has 9 heteroatoms. The van der Waals surface area contributed by atoms with E-state index in [9.17, 15) is 14.4 Å². The molecule has 0 radical (unpaired) electrons. The van der Waals surface area contributed by atoms with Crippen molar-refractivity contribution in [3.63, 3.8) is 0 Å². The highest BCUT2D eigenvalue weighted by molar-refractivity contribution is 5.99.